The summed E-state index contributed by atoms with van der Waals surface area (Å²) in [6, 6.07) is 5.85. The van der Waals surface area contributed by atoms with E-state index < -0.39 is 11.6 Å². The fourth-order valence-corrected chi connectivity index (χ4v) is 3.57. The van der Waals surface area contributed by atoms with Gasteiger partial charge in [0.05, 0.1) is 25.8 Å². The van der Waals surface area contributed by atoms with Crippen molar-refractivity contribution in [3.05, 3.63) is 34.3 Å². The van der Waals surface area contributed by atoms with Crippen LogP contribution in [0.2, 0.25) is 5.02 Å². The van der Waals surface area contributed by atoms with Crippen molar-refractivity contribution in [2.24, 2.45) is 0 Å². The Hall–Kier alpha value is -1.99. The number of nitrogens with one attached hydrogen (secondary N) is 1. The zero-order valence-electron chi connectivity index (χ0n) is 14.5. The quantitative estimate of drug-likeness (QED) is 0.868. The van der Waals surface area contributed by atoms with Crippen molar-refractivity contribution in [1.82, 2.24) is 10.2 Å². The predicted octanol–water partition coefficient (Wildman–Crippen LogP) is 2.63. The third-order valence-electron chi connectivity index (χ3n) is 5.12. The van der Waals surface area contributed by atoms with E-state index in [1.807, 2.05) is 25.1 Å². The summed E-state index contributed by atoms with van der Waals surface area (Å²) in [5.74, 6) is 0. The minimum absolute atomic E-state index is 0.106. The zero-order valence-corrected chi connectivity index (χ0v) is 15.3. The molecular formula is C18H21ClN2O5. The van der Waals surface area contributed by atoms with Gasteiger partial charge in [-0.3, -0.25) is 0 Å². The highest BCUT2D eigenvalue weighted by molar-refractivity contribution is 6.31. The van der Waals surface area contributed by atoms with Gasteiger partial charge in [0.2, 0.25) is 0 Å². The number of alkyl carbamates (subject to hydrolysis) is 1. The number of amides is 2. The maximum Gasteiger partial charge on any atom is 0.410 e. The predicted molar refractivity (Wildman–Crippen MR) is 93.1 cm³/mol. The Labute approximate surface area is 156 Å². The minimum atomic E-state index is -0.423. The summed E-state index contributed by atoms with van der Waals surface area (Å²) in [6.07, 6.45) is 0.648. The fraction of sp³-hybridized carbons (Fsp3) is 0.556. The molecule has 0 atom stereocenters. The van der Waals surface area contributed by atoms with Crippen LogP contribution in [0.25, 0.3) is 0 Å². The van der Waals surface area contributed by atoms with E-state index in [4.69, 9.17) is 25.8 Å². The second-order valence-electron chi connectivity index (χ2n) is 7.33. The van der Waals surface area contributed by atoms with Gasteiger partial charge in [-0.05, 0) is 24.1 Å². The van der Waals surface area contributed by atoms with E-state index in [1.54, 1.807) is 4.90 Å². The molecule has 1 aromatic carbocycles. The summed E-state index contributed by atoms with van der Waals surface area (Å²) < 4.78 is 16.2. The lowest BCUT2D eigenvalue weighted by Gasteiger charge is -2.46. The van der Waals surface area contributed by atoms with Gasteiger partial charge in [-0.2, -0.15) is 0 Å². The lowest BCUT2D eigenvalue weighted by atomic mass is 9.91. The van der Waals surface area contributed by atoms with Crippen molar-refractivity contribution >= 4 is 23.8 Å². The molecule has 140 valence electrons. The van der Waals surface area contributed by atoms with Crippen molar-refractivity contribution in [2.75, 3.05) is 19.7 Å². The third kappa shape index (κ3) is 3.46. The van der Waals surface area contributed by atoms with Crippen LogP contribution in [0.5, 0.6) is 0 Å². The number of rotatable bonds is 4. The highest BCUT2D eigenvalue weighted by atomic mass is 35.5. The number of ether oxygens (including phenoxy) is 3. The Kier molecular flexibility index (Phi) is 4.44. The molecule has 1 saturated carbocycles. The molecule has 0 aromatic heterocycles. The van der Waals surface area contributed by atoms with E-state index in [-0.39, 0.29) is 18.3 Å². The molecule has 2 saturated heterocycles. The number of likely N-dealkylation sites (tertiary alicyclic amines) is 1. The average molecular weight is 381 g/mol. The lowest BCUT2D eigenvalue weighted by Crippen LogP contribution is -2.70. The minimum Gasteiger partial charge on any atom is -0.447 e. The number of hydrogen-bond acceptors (Lipinski definition) is 5. The largest absolute Gasteiger partial charge is 0.447 e. The van der Waals surface area contributed by atoms with Crippen molar-refractivity contribution < 1.29 is 23.8 Å². The normalized spacial score (nSPS) is 25.9. The molecule has 1 N–H and O–H groups in total. The first-order valence-electron chi connectivity index (χ1n) is 8.70. The van der Waals surface area contributed by atoms with E-state index in [0.29, 0.717) is 39.1 Å². The van der Waals surface area contributed by atoms with E-state index in [1.165, 1.54) is 0 Å². The Bertz CT molecular complexity index is 728. The highest BCUT2D eigenvalue weighted by Crippen LogP contribution is 2.31. The molecule has 7 nitrogen and oxygen atoms in total. The Morgan fingerprint density at radius 2 is 2.15 bits per heavy atom. The number of carbonyl (C=O) groups excluding carboxylic acids is 2. The van der Waals surface area contributed by atoms with Gasteiger partial charge in [0.1, 0.15) is 18.2 Å². The van der Waals surface area contributed by atoms with Crippen molar-refractivity contribution in [3.8, 4) is 0 Å². The maximum atomic E-state index is 12.1. The fourth-order valence-electron chi connectivity index (χ4n) is 3.45. The van der Waals surface area contributed by atoms with Crippen LogP contribution in [0.15, 0.2) is 18.2 Å². The number of halogens is 1. The Morgan fingerprint density at radius 3 is 2.81 bits per heavy atom. The molecule has 0 radical (unpaired) electrons. The first-order chi connectivity index (χ1) is 12.4. The number of nitrogens with zero attached hydrogens (tertiary/aromatic N) is 1. The van der Waals surface area contributed by atoms with Gasteiger partial charge in [-0.1, -0.05) is 23.7 Å². The van der Waals surface area contributed by atoms with E-state index in [2.05, 4.69) is 5.32 Å². The van der Waals surface area contributed by atoms with Crippen LogP contribution >= 0.6 is 11.6 Å². The first kappa shape index (κ1) is 17.4. The number of hydrogen-bond donors (Lipinski definition) is 1. The molecule has 3 aliphatic rings. The topological polar surface area (TPSA) is 77.1 Å². The van der Waals surface area contributed by atoms with Gasteiger partial charge in [0, 0.05) is 17.9 Å². The Morgan fingerprint density at radius 1 is 1.38 bits per heavy atom. The standard InChI is InChI=1S/C18H21ClN2O5/c1-11-4-12(2-3-15(11)19)7-24-13-5-14(6-13)26-17(23)21-8-18(9-21)10-25-16(22)20-18/h2-4,13-14H,5-10H2,1H3,(H,20,22). The van der Waals surface area contributed by atoms with E-state index >= 15 is 0 Å². The van der Waals surface area contributed by atoms with Crippen LogP contribution < -0.4 is 5.32 Å². The van der Waals surface area contributed by atoms with Crippen LogP contribution in [-0.2, 0) is 20.8 Å². The molecular weight excluding hydrogens is 360 g/mol. The number of cyclic esters (lactones) is 1. The monoisotopic (exact) mass is 380 g/mol. The summed E-state index contributed by atoms with van der Waals surface area (Å²) in [6.45, 7) is 3.66. The summed E-state index contributed by atoms with van der Waals surface area (Å²) in [5.41, 5.74) is 1.70. The van der Waals surface area contributed by atoms with Crippen molar-refractivity contribution in [2.45, 2.75) is 44.1 Å². The SMILES string of the molecule is Cc1cc(COC2CC(OC(=O)N3CC4(COC(=O)N4)C3)C2)ccc1Cl. The second kappa shape index (κ2) is 6.63. The number of benzene rings is 1. The van der Waals surface area contributed by atoms with Gasteiger partial charge < -0.3 is 24.4 Å². The van der Waals surface area contributed by atoms with Gasteiger partial charge in [0.25, 0.3) is 0 Å². The van der Waals surface area contributed by atoms with Crippen molar-refractivity contribution in [3.63, 3.8) is 0 Å². The van der Waals surface area contributed by atoms with Crippen LogP contribution in [0, 0.1) is 6.92 Å². The molecule has 26 heavy (non-hydrogen) atoms. The van der Waals surface area contributed by atoms with Crippen LogP contribution in [0.1, 0.15) is 24.0 Å². The third-order valence-corrected chi connectivity index (χ3v) is 5.54. The molecule has 4 rings (SSSR count). The number of carbonyl (C=O) groups is 2. The lowest BCUT2D eigenvalue weighted by molar-refractivity contribution is -0.0928. The van der Waals surface area contributed by atoms with Crippen LogP contribution in [0.4, 0.5) is 9.59 Å². The van der Waals surface area contributed by atoms with Gasteiger partial charge in [-0.25, -0.2) is 9.59 Å². The summed E-state index contributed by atoms with van der Waals surface area (Å²) in [7, 11) is 0. The number of aryl methyl sites for hydroxylation is 1. The molecule has 1 spiro atoms. The molecule has 1 aliphatic carbocycles. The summed E-state index contributed by atoms with van der Waals surface area (Å²) in [4.78, 5) is 24.8. The molecule has 2 heterocycles. The van der Waals surface area contributed by atoms with Gasteiger partial charge in [0.15, 0.2) is 0 Å². The molecule has 0 unspecified atom stereocenters. The van der Waals surface area contributed by atoms with Gasteiger partial charge in [-0.15, -0.1) is 0 Å². The first-order valence-corrected chi connectivity index (χ1v) is 9.07. The molecule has 3 fully saturated rings. The highest BCUT2D eigenvalue weighted by Gasteiger charge is 2.52. The maximum absolute atomic E-state index is 12.1. The summed E-state index contributed by atoms with van der Waals surface area (Å²) in [5, 5.41) is 3.49. The van der Waals surface area contributed by atoms with E-state index in [9.17, 15) is 9.59 Å². The van der Waals surface area contributed by atoms with Crippen LogP contribution in [-0.4, -0.2) is 54.5 Å². The molecule has 2 amide bonds. The smallest absolute Gasteiger partial charge is 0.410 e. The molecule has 1 aromatic rings. The zero-order chi connectivity index (χ0) is 18.3. The molecule has 0 bridgehead atoms. The van der Waals surface area contributed by atoms with Gasteiger partial charge >= 0.3 is 12.2 Å². The molecule has 2 aliphatic heterocycles. The summed E-state index contributed by atoms with van der Waals surface area (Å²) >= 11 is 6.02. The second-order valence-corrected chi connectivity index (χ2v) is 7.74. The van der Waals surface area contributed by atoms with Crippen LogP contribution in [0.3, 0.4) is 0 Å². The van der Waals surface area contributed by atoms with Crippen molar-refractivity contribution in [1.29, 1.82) is 0 Å². The van der Waals surface area contributed by atoms with E-state index in [0.717, 1.165) is 16.1 Å². The molecule has 8 heteroatoms. The Balaban J connectivity index is 1.15. The average Bonchev–Trinajstić information content (AvgIpc) is 2.93.